The molecule has 0 aliphatic heterocycles. The summed E-state index contributed by atoms with van der Waals surface area (Å²) in [7, 11) is 0. The monoisotopic (exact) mass is 285 g/mol. The van der Waals surface area contributed by atoms with E-state index in [1.165, 1.54) is 12.1 Å². The molecule has 20 heavy (non-hydrogen) atoms. The smallest absolute Gasteiger partial charge is 0.258 e. The third-order valence-corrected chi connectivity index (χ3v) is 3.25. The van der Waals surface area contributed by atoms with Crippen LogP contribution < -0.4 is 0 Å². The number of rotatable bonds is 2. The van der Waals surface area contributed by atoms with E-state index in [2.05, 4.69) is 10.2 Å². The lowest BCUT2D eigenvalue weighted by Gasteiger charge is -2.05. The maximum Gasteiger partial charge on any atom is 0.270 e. The summed E-state index contributed by atoms with van der Waals surface area (Å²) in [6, 6.07) is 13.7. The lowest BCUT2D eigenvalue weighted by atomic mass is 10.0. The number of halogens is 1. The minimum atomic E-state index is -0.435. The number of nitro benzene ring substituents is 1. The number of benzene rings is 2. The predicted octanol–water partition coefficient (Wildman–Crippen LogP) is 3.86. The van der Waals surface area contributed by atoms with E-state index in [4.69, 9.17) is 11.6 Å². The van der Waals surface area contributed by atoms with Gasteiger partial charge in [0.15, 0.2) is 5.15 Å². The summed E-state index contributed by atoms with van der Waals surface area (Å²) in [5.74, 6) is 0. The predicted molar refractivity (Wildman–Crippen MR) is 76.6 cm³/mol. The number of hydrogen-bond acceptors (Lipinski definition) is 4. The van der Waals surface area contributed by atoms with Crippen LogP contribution in [-0.2, 0) is 0 Å². The van der Waals surface area contributed by atoms with E-state index >= 15 is 0 Å². The summed E-state index contributed by atoms with van der Waals surface area (Å²) in [6.07, 6.45) is 0. The molecule has 98 valence electrons. The molecule has 3 rings (SSSR count). The van der Waals surface area contributed by atoms with Gasteiger partial charge in [-0.3, -0.25) is 10.1 Å². The van der Waals surface area contributed by atoms with Crippen LogP contribution in [0.2, 0.25) is 5.15 Å². The highest BCUT2D eigenvalue weighted by Gasteiger charge is 2.12. The van der Waals surface area contributed by atoms with E-state index in [1.807, 2.05) is 24.3 Å². The number of non-ortho nitro benzene ring substituents is 1. The standard InChI is InChI=1S/C14H8ClN3O2/c15-14-12-7-2-1-6-11(12)13(16-17-14)9-4-3-5-10(8-9)18(19)20/h1-8H. The zero-order valence-corrected chi connectivity index (χ0v) is 10.9. The maximum atomic E-state index is 10.9. The lowest BCUT2D eigenvalue weighted by Crippen LogP contribution is -1.93. The Morgan fingerprint density at radius 1 is 1.00 bits per heavy atom. The highest BCUT2D eigenvalue weighted by atomic mass is 35.5. The highest BCUT2D eigenvalue weighted by molar-refractivity contribution is 6.34. The fourth-order valence-electron chi connectivity index (χ4n) is 2.05. The van der Waals surface area contributed by atoms with Gasteiger partial charge in [-0.25, -0.2) is 0 Å². The molecular weight excluding hydrogens is 278 g/mol. The molecule has 6 heteroatoms. The van der Waals surface area contributed by atoms with Gasteiger partial charge in [-0.05, 0) is 0 Å². The normalized spacial score (nSPS) is 10.7. The van der Waals surface area contributed by atoms with Crippen molar-refractivity contribution in [2.24, 2.45) is 0 Å². The molecule has 0 aliphatic rings. The van der Waals surface area contributed by atoms with Crippen LogP contribution >= 0.6 is 11.6 Å². The van der Waals surface area contributed by atoms with Crippen molar-refractivity contribution in [2.75, 3.05) is 0 Å². The van der Waals surface area contributed by atoms with E-state index < -0.39 is 4.92 Å². The van der Waals surface area contributed by atoms with Crippen LogP contribution in [0.4, 0.5) is 5.69 Å². The molecule has 1 aromatic heterocycles. The van der Waals surface area contributed by atoms with E-state index in [0.29, 0.717) is 16.4 Å². The Morgan fingerprint density at radius 3 is 2.50 bits per heavy atom. The van der Waals surface area contributed by atoms with E-state index in [1.54, 1.807) is 12.1 Å². The average molecular weight is 286 g/mol. The Labute approximate surface area is 119 Å². The Bertz CT molecular complexity index is 820. The average Bonchev–Trinajstić information content (AvgIpc) is 2.48. The van der Waals surface area contributed by atoms with Crippen LogP contribution in [-0.4, -0.2) is 15.1 Å². The molecule has 0 aliphatic carbocycles. The number of aromatic nitrogens is 2. The SMILES string of the molecule is O=[N+]([O-])c1cccc(-c2nnc(Cl)c3ccccc23)c1. The van der Waals surface area contributed by atoms with E-state index in [0.717, 1.165) is 10.8 Å². The second-order valence-corrected chi connectivity index (χ2v) is 4.55. The quantitative estimate of drug-likeness (QED) is 0.529. The molecule has 3 aromatic rings. The summed E-state index contributed by atoms with van der Waals surface area (Å²) in [6.45, 7) is 0. The minimum absolute atomic E-state index is 0.0170. The minimum Gasteiger partial charge on any atom is -0.258 e. The molecule has 0 saturated carbocycles. The van der Waals surface area contributed by atoms with Gasteiger partial charge in [0.25, 0.3) is 5.69 Å². The van der Waals surface area contributed by atoms with Gasteiger partial charge in [0.2, 0.25) is 0 Å². The molecular formula is C14H8ClN3O2. The van der Waals surface area contributed by atoms with Crippen molar-refractivity contribution in [2.45, 2.75) is 0 Å². The maximum absolute atomic E-state index is 10.9. The zero-order chi connectivity index (χ0) is 14.1. The van der Waals surface area contributed by atoms with Crippen molar-refractivity contribution in [3.63, 3.8) is 0 Å². The molecule has 0 saturated heterocycles. The van der Waals surface area contributed by atoms with Crippen molar-refractivity contribution < 1.29 is 4.92 Å². The van der Waals surface area contributed by atoms with Crippen molar-refractivity contribution in [3.05, 3.63) is 63.8 Å². The molecule has 0 N–H and O–H groups in total. The largest absolute Gasteiger partial charge is 0.270 e. The number of nitrogens with zero attached hydrogens (tertiary/aromatic N) is 3. The molecule has 0 unspecified atom stereocenters. The van der Waals surface area contributed by atoms with Crippen LogP contribution in [0.25, 0.3) is 22.0 Å². The first-order valence-electron chi connectivity index (χ1n) is 5.82. The van der Waals surface area contributed by atoms with Gasteiger partial charge in [-0.15, -0.1) is 10.2 Å². The molecule has 0 fully saturated rings. The van der Waals surface area contributed by atoms with Gasteiger partial charge in [0.1, 0.15) is 5.69 Å². The van der Waals surface area contributed by atoms with Gasteiger partial charge < -0.3 is 0 Å². The van der Waals surface area contributed by atoms with Crippen molar-refractivity contribution >= 4 is 28.1 Å². The van der Waals surface area contributed by atoms with Gasteiger partial charge in [0, 0.05) is 28.5 Å². The molecule has 0 radical (unpaired) electrons. The first-order chi connectivity index (χ1) is 9.66. The molecule has 0 bridgehead atoms. The van der Waals surface area contributed by atoms with Crippen molar-refractivity contribution in [1.82, 2.24) is 10.2 Å². The molecule has 0 atom stereocenters. The van der Waals surface area contributed by atoms with Crippen molar-refractivity contribution in [3.8, 4) is 11.3 Å². The van der Waals surface area contributed by atoms with Gasteiger partial charge >= 0.3 is 0 Å². The Kier molecular flexibility index (Phi) is 3.04. The van der Waals surface area contributed by atoms with E-state index in [9.17, 15) is 10.1 Å². The Hall–Kier alpha value is -2.53. The molecule has 0 amide bonds. The number of nitro groups is 1. The first-order valence-corrected chi connectivity index (χ1v) is 6.20. The third kappa shape index (κ3) is 2.08. The number of fused-ring (bicyclic) bond motifs is 1. The molecule has 2 aromatic carbocycles. The van der Waals surface area contributed by atoms with E-state index in [-0.39, 0.29) is 5.69 Å². The first kappa shape index (κ1) is 12.5. The molecule has 0 spiro atoms. The van der Waals surface area contributed by atoms with Crippen LogP contribution in [0.3, 0.4) is 0 Å². The molecule has 5 nitrogen and oxygen atoms in total. The summed E-state index contributed by atoms with van der Waals surface area (Å²) >= 11 is 6.02. The molecule has 1 heterocycles. The fraction of sp³-hybridized carbons (Fsp3) is 0. The second-order valence-electron chi connectivity index (χ2n) is 4.19. The Balaban J connectivity index is 2.27. The fourth-order valence-corrected chi connectivity index (χ4v) is 2.25. The highest BCUT2D eigenvalue weighted by Crippen LogP contribution is 2.30. The van der Waals surface area contributed by atoms with Gasteiger partial charge in [0.05, 0.1) is 4.92 Å². The zero-order valence-electron chi connectivity index (χ0n) is 10.2. The topological polar surface area (TPSA) is 68.9 Å². The summed E-state index contributed by atoms with van der Waals surface area (Å²) < 4.78 is 0. The van der Waals surface area contributed by atoms with Crippen LogP contribution in [0.5, 0.6) is 0 Å². The number of hydrogen-bond donors (Lipinski definition) is 0. The van der Waals surface area contributed by atoms with Crippen LogP contribution in [0.15, 0.2) is 48.5 Å². The van der Waals surface area contributed by atoms with Gasteiger partial charge in [-0.2, -0.15) is 0 Å². The lowest BCUT2D eigenvalue weighted by molar-refractivity contribution is -0.384. The summed E-state index contributed by atoms with van der Waals surface area (Å²) in [4.78, 5) is 10.4. The van der Waals surface area contributed by atoms with Crippen molar-refractivity contribution in [1.29, 1.82) is 0 Å². The Morgan fingerprint density at radius 2 is 1.75 bits per heavy atom. The van der Waals surface area contributed by atoms with Crippen LogP contribution in [0.1, 0.15) is 0 Å². The summed E-state index contributed by atoms with van der Waals surface area (Å²) in [5.41, 5.74) is 1.23. The van der Waals surface area contributed by atoms with Gasteiger partial charge in [-0.1, -0.05) is 48.0 Å². The summed E-state index contributed by atoms with van der Waals surface area (Å²) in [5, 5.41) is 20.7. The second kappa shape index (κ2) is 4.86. The third-order valence-electron chi connectivity index (χ3n) is 2.97. The van der Waals surface area contributed by atoms with Crippen LogP contribution in [0, 0.1) is 10.1 Å².